The summed E-state index contributed by atoms with van der Waals surface area (Å²) in [6.45, 7) is -0.564. The number of halogens is 1. The highest BCUT2D eigenvalue weighted by molar-refractivity contribution is 6.00. The van der Waals surface area contributed by atoms with Gasteiger partial charge in [0.15, 0.2) is 11.5 Å². The summed E-state index contributed by atoms with van der Waals surface area (Å²) in [6, 6.07) is 7.41. The first-order valence-electron chi connectivity index (χ1n) is 9.26. The first-order chi connectivity index (χ1) is 15.0. The molecule has 0 aliphatic heterocycles. The summed E-state index contributed by atoms with van der Waals surface area (Å²) in [5.41, 5.74) is 7.44. The van der Waals surface area contributed by atoms with E-state index < -0.39 is 6.67 Å². The van der Waals surface area contributed by atoms with E-state index in [-0.39, 0.29) is 18.9 Å². The third-order valence-electron chi connectivity index (χ3n) is 4.47. The Kier molecular flexibility index (Phi) is 6.65. The molecule has 4 aromatic heterocycles. The zero-order valence-corrected chi connectivity index (χ0v) is 17.0. The Balaban J connectivity index is 0.000000858. The van der Waals surface area contributed by atoms with Crippen LogP contribution in [0.3, 0.4) is 0 Å². The van der Waals surface area contributed by atoms with Crippen LogP contribution in [0.1, 0.15) is 10.4 Å². The van der Waals surface area contributed by atoms with Gasteiger partial charge in [0.2, 0.25) is 6.41 Å². The van der Waals surface area contributed by atoms with Crippen LogP contribution in [0.5, 0.6) is 0 Å². The maximum absolute atomic E-state index is 12.7. The van der Waals surface area contributed by atoms with E-state index in [0.717, 1.165) is 11.1 Å². The van der Waals surface area contributed by atoms with Crippen molar-refractivity contribution in [1.82, 2.24) is 34.3 Å². The number of nitrogens with two attached hydrogens (primary N) is 1. The fraction of sp³-hybridized carbons (Fsp3) is 0.200. The van der Waals surface area contributed by atoms with Crippen molar-refractivity contribution in [3.63, 3.8) is 0 Å². The average Bonchev–Trinajstić information content (AvgIpc) is 3.37. The van der Waals surface area contributed by atoms with Gasteiger partial charge >= 0.3 is 0 Å². The zero-order chi connectivity index (χ0) is 22.4. The molecule has 10 nitrogen and oxygen atoms in total. The molecule has 4 aromatic rings. The lowest BCUT2D eigenvalue weighted by atomic mass is 10.1. The van der Waals surface area contributed by atoms with Gasteiger partial charge in [-0.2, -0.15) is 5.10 Å². The van der Waals surface area contributed by atoms with Crippen LogP contribution in [0.15, 0.2) is 49.1 Å². The van der Waals surface area contributed by atoms with Crippen molar-refractivity contribution < 1.29 is 14.0 Å². The Morgan fingerprint density at radius 2 is 2.06 bits per heavy atom. The summed E-state index contributed by atoms with van der Waals surface area (Å²) in [5.74, 6) is 0.285. The lowest BCUT2D eigenvalue weighted by molar-refractivity contribution is -0.106. The molecular weight excluding hydrogens is 403 g/mol. The lowest BCUT2D eigenvalue weighted by Crippen LogP contribution is -2.28. The number of nitrogens with zero attached hydrogens (tertiary/aromatic N) is 7. The highest BCUT2D eigenvalue weighted by Gasteiger charge is 2.21. The van der Waals surface area contributed by atoms with Gasteiger partial charge in [0.05, 0.1) is 17.5 Å². The molecule has 0 unspecified atom stereocenters. The van der Waals surface area contributed by atoms with Crippen molar-refractivity contribution in [3.05, 3.63) is 54.6 Å². The summed E-state index contributed by atoms with van der Waals surface area (Å²) in [5, 5.41) is 8.68. The van der Waals surface area contributed by atoms with Crippen molar-refractivity contribution in [1.29, 1.82) is 0 Å². The normalized spacial score (nSPS) is 10.4. The number of primary amides is 1. The molecular formula is C20H21FN8O2. The Morgan fingerprint density at radius 3 is 2.74 bits per heavy atom. The van der Waals surface area contributed by atoms with Crippen LogP contribution in [-0.4, -0.2) is 66.8 Å². The van der Waals surface area contributed by atoms with Gasteiger partial charge in [-0.25, -0.2) is 13.9 Å². The number of pyridine rings is 2. The highest BCUT2D eigenvalue weighted by Crippen LogP contribution is 2.26. The molecule has 4 heterocycles. The average molecular weight is 424 g/mol. The number of aromatic nitrogens is 6. The topological polar surface area (TPSA) is 124 Å². The standard InChI is InChI=1S/C19H18FN7O.CH3NO/c1-25(9-6-20)19(28)15-12-22-26(2)17(15)13-5-8-27-16(10-13)23-18(24-27)14-4-3-7-21-11-14;2-1-3/h3-5,7-8,10-12H,6,9H2,1-2H3;1H,(H2,2,3). The van der Waals surface area contributed by atoms with Crippen LogP contribution in [0.4, 0.5) is 4.39 Å². The van der Waals surface area contributed by atoms with E-state index in [1.165, 1.54) is 11.1 Å². The summed E-state index contributed by atoms with van der Waals surface area (Å²) in [4.78, 5) is 31.2. The minimum atomic E-state index is -0.597. The van der Waals surface area contributed by atoms with Crippen LogP contribution in [0, 0.1) is 0 Å². The van der Waals surface area contributed by atoms with Gasteiger partial charge in [-0.05, 0) is 24.3 Å². The summed E-state index contributed by atoms with van der Waals surface area (Å²) >= 11 is 0. The maximum Gasteiger partial charge on any atom is 0.257 e. The van der Waals surface area contributed by atoms with Gasteiger partial charge < -0.3 is 10.6 Å². The van der Waals surface area contributed by atoms with Crippen molar-refractivity contribution in [3.8, 4) is 22.6 Å². The first-order valence-corrected chi connectivity index (χ1v) is 9.26. The lowest BCUT2D eigenvalue weighted by Gasteiger charge is -2.15. The third kappa shape index (κ3) is 4.55. The largest absolute Gasteiger partial charge is 0.372 e. The van der Waals surface area contributed by atoms with E-state index in [4.69, 9.17) is 4.79 Å². The smallest absolute Gasteiger partial charge is 0.257 e. The maximum atomic E-state index is 12.7. The van der Waals surface area contributed by atoms with Gasteiger partial charge in [-0.15, -0.1) is 5.10 Å². The predicted molar refractivity (Wildman–Crippen MR) is 112 cm³/mol. The number of alkyl halides is 1. The second-order valence-corrected chi connectivity index (χ2v) is 6.48. The van der Waals surface area contributed by atoms with Crippen molar-refractivity contribution in [2.24, 2.45) is 12.8 Å². The van der Waals surface area contributed by atoms with Crippen LogP contribution in [0.2, 0.25) is 0 Å². The van der Waals surface area contributed by atoms with E-state index in [1.54, 1.807) is 41.9 Å². The van der Waals surface area contributed by atoms with Crippen LogP contribution >= 0.6 is 0 Å². The van der Waals surface area contributed by atoms with Crippen molar-refractivity contribution in [2.75, 3.05) is 20.3 Å². The van der Waals surface area contributed by atoms with Crippen molar-refractivity contribution >= 4 is 18.0 Å². The van der Waals surface area contributed by atoms with E-state index >= 15 is 0 Å². The minimum absolute atomic E-state index is 0.0326. The highest BCUT2D eigenvalue weighted by atomic mass is 19.1. The number of aryl methyl sites for hydroxylation is 1. The molecule has 2 amide bonds. The number of hydrogen-bond donors (Lipinski definition) is 1. The SMILES string of the molecule is CN(CCF)C(=O)c1cnn(C)c1-c1ccn2nc(-c3cccnc3)nc2c1.NC=O. The number of hydrogen-bond acceptors (Lipinski definition) is 6. The zero-order valence-electron chi connectivity index (χ0n) is 17.0. The molecule has 31 heavy (non-hydrogen) atoms. The first kappa shape index (κ1) is 21.6. The Bertz CT molecular complexity index is 1190. The number of fused-ring (bicyclic) bond motifs is 1. The molecule has 0 bridgehead atoms. The summed E-state index contributed by atoms with van der Waals surface area (Å²) in [7, 11) is 3.33. The fourth-order valence-corrected chi connectivity index (χ4v) is 3.02. The Hall–Kier alpha value is -4.15. The molecule has 2 N–H and O–H groups in total. The van der Waals surface area contributed by atoms with Crippen LogP contribution in [0.25, 0.3) is 28.3 Å². The van der Waals surface area contributed by atoms with E-state index in [0.29, 0.717) is 22.7 Å². The summed E-state index contributed by atoms with van der Waals surface area (Å²) in [6.07, 6.45) is 6.93. The number of carbonyl (C=O) groups excluding carboxylic acids is 2. The third-order valence-corrected chi connectivity index (χ3v) is 4.47. The molecule has 11 heteroatoms. The molecule has 0 aliphatic rings. The number of amides is 2. The monoisotopic (exact) mass is 424 g/mol. The molecule has 0 saturated heterocycles. The fourth-order valence-electron chi connectivity index (χ4n) is 3.02. The van der Waals surface area contributed by atoms with Gasteiger partial charge in [0.25, 0.3) is 5.91 Å². The summed E-state index contributed by atoms with van der Waals surface area (Å²) < 4.78 is 15.9. The molecule has 0 spiro atoms. The molecule has 4 rings (SSSR count). The second kappa shape index (κ2) is 9.57. The van der Waals surface area contributed by atoms with Gasteiger partial charge in [-0.3, -0.25) is 19.3 Å². The molecule has 0 aromatic carbocycles. The van der Waals surface area contributed by atoms with Crippen molar-refractivity contribution in [2.45, 2.75) is 0 Å². The van der Waals surface area contributed by atoms with Crippen LogP contribution in [-0.2, 0) is 11.8 Å². The quantitative estimate of drug-likeness (QED) is 0.482. The Morgan fingerprint density at radius 1 is 1.29 bits per heavy atom. The molecule has 160 valence electrons. The molecule has 0 fully saturated rings. The number of carbonyl (C=O) groups is 2. The molecule has 0 aliphatic carbocycles. The molecule has 0 radical (unpaired) electrons. The van der Waals surface area contributed by atoms with Gasteiger partial charge in [0.1, 0.15) is 6.67 Å². The van der Waals surface area contributed by atoms with Gasteiger partial charge in [0, 0.05) is 50.4 Å². The van der Waals surface area contributed by atoms with E-state index in [9.17, 15) is 9.18 Å². The molecule has 0 saturated carbocycles. The van der Waals surface area contributed by atoms with Gasteiger partial charge in [-0.1, -0.05) is 0 Å². The second-order valence-electron chi connectivity index (χ2n) is 6.48. The van der Waals surface area contributed by atoms with E-state index in [2.05, 4.69) is 25.9 Å². The molecule has 0 atom stereocenters. The predicted octanol–water partition coefficient (Wildman–Crippen LogP) is 1.33. The minimum Gasteiger partial charge on any atom is -0.372 e. The Labute approximate surface area is 177 Å². The van der Waals surface area contributed by atoms with E-state index in [1.807, 2.05) is 24.3 Å². The van der Waals surface area contributed by atoms with Crippen LogP contribution < -0.4 is 5.73 Å². The number of rotatable bonds is 5.